The molecule has 2 N–H and O–H groups in total. The van der Waals surface area contributed by atoms with E-state index in [4.69, 9.17) is 5.11 Å². The van der Waals surface area contributed by atoms with Crippen LogP contribution in [0.2, 0.25) is 0 Å². The Hall–Kier alpha value is -3.15. The molecule has 0 radical (unpaired) electrons. The minimum atomic E-state index is -1.52. The largest absolute Gasteiger partial charge is 0.480 e. The lowest BCUT2D eigenvalue weighted by atomic mass is 9.92. The summed E-state index contributed by atoms with van der Waals surface area (Å²) < 4.78 is 0. The quantitative estimate of drug-likeness (QED) is 0.781. The third-order valence-electron chi connectivity index (χ3n) is 4.19. The Morgan fingerprint density at radius 1 is 1.00 bits per heavy atom. The highest BCUT2D eigenvalue weighted by Crippen LogP contribution is 2.20. The molecule has 2 aromatic carbocycles. The average molecular weight is 354 g/mol. The molecule has 0 bridgehead atoms. The average Bonchev–Trinajstić information content (AvgIpc) is 2.63. The number of amides is 2. The standard InChI is InChI=1S/C20H22N2O4/c1-20(2,19(25)26)18(24)21-15-11-9-14(10-12-15)13-17(23)22(3)16-7-5-4-6-8-16/h4-12H,13H2,1-3H3,(H,21,24)(H,25,26). The van der Waals surface area contributed by atoms with Crippen molar-refractivity contribution in [1.82, 2.24) is 0 Å². The van der Waals surface area contributed by atoms with E-state index in [0.29, 0.717) is 5.69 Å². The smallest absolute Gasteiger partial charge is 0.318 e. The number of rotatable bonds is 6. The van der Waals surface area contributed by atoms with Gasteiger partial charge >= 0.3 is 5.97 Å². The van der Waals surface area contributed by atoms with Crippen LogP contribution in [0, 0.1) is 5.41 Å². The second-order valence-electron chi connectivity index (χ2n) is 6.55. The van der Waals surface area contributed by atoms with Gasteiger partial charge < -0.3 is 15.3 Å². The monoisotopic (exact) mass is 354 g/mol. The topological polar surface area (TPSA) is 86.7 Å². The number of hydrogen-bond acceptors (Lipinski definition) is 3. The number of carboxylic acids is 1. The van der Waals surface area contributed by atoms with E-state index in [1.807, 2.05) is 30.3 Å². The van der Waals surface area contributed by atoms with Crippen molar-refractivity contribution in [2.75, 3.05) is 17.3 Å². The predicted molar refractivity (Wildman–Crippen MR) is 100 cm³/mol. The molecule has 0 heterocycles. The lowest BCUT2D eigenvalue weighted by Gasteiger charge is -2.19. The Kier molecular flexibility index (Phi) is 5.77. The van der Waals surface area contributed by atoms with E-state index in [1.165, 1.54) is 13.8 Å². The van der Waals surface area contributed by atoms with Crippen LogP contribution in [0.3, 0.4) is 0 Å². The van der Waals surface area contributed by atoms with Gasteiger partial charge in [0.05, 0.1) is 6.42 Å². The van der Waals surface area contributed by atoms with E-state index < -0.39 is 17.3 Å². The second kappa shape index (κ2) is 7.82. The maximum absolute atomic E-state index is 12.4. The first-order valence-corrected chi connectivity index (χ1v) is 8.17. The Morgan fingerprint density at radius 2 is 1.58 bits per heavy atom. The minimum absolute atomic E-state index is 0.0556. The molecular weight excluding hydrogens is 332 g/mol. The zero-order valence-corrected chi connectivity index (χ0v) is 15.0. The highest BCUT2D eigenvalue weighted by atomic mass is 16.4. The van der Waals surface area contributed by atoms with Crippen LogP contribution in [0.4, 0.5) is 11.4 Å². The fourth-order valence-electron chi connectivity index (χ4n) is 2.18. The zero-order valence-electron chi connectivity index (χ0n) is 15.0. The molecule has 0 aromatic heterocycles. The molecule has 0 saturated heterocycles. The van der Waals surface area contributed by atoms with Crippen LogP contribution in [0.5, 0.6) is 0 Å². The molecule has 0 aliphatic rings. The normalized spacial score (nSPS) is 10.9. The SMILES string of the molecule is CN(C(=O)Cc1ccc(NC(=O)C(C)(C)C(=O)O)cc1)c1ccccc1. The zero-order chi connectivity index (χ0) is 19.3. The number of carboxylic acid groups (broad SMARTS) is 1. The van der Waals surface area contributed by atoms with Gasteiger partial charge in [-0.1, -0.05) is 30.3 Å². The van der Waals surface area contributed by atoms with Gasteiger partial charge in [-0.25, -0.2) is 0 Å². The fourth-order valence-corrected chi connectivity index (χ4v) is 2.18. The van der Waals surface area contributed by atoms with Gasteiger partial charge in [-0.05, 0) is 43.7 Å². The number of hydrogen-bond donors (Lipinski definition) is 2. The van der Waals surface area contributed by atoms with Gasteiger partial charge in [-0.15, -0.1) is 0 Å². The summed E-state index contributed by atoms with van der Waals surface area (Å²) in [5.74, 6) is -1.85. The Labute approximate surface area is 152 Å². The summed E-state index contributed by atoms with van der Waals surface area (Å²) in [6.45, 7) is 2.69. The number of anilines is 2. The maximum Gasteiger partial charge on any atom is 0.318 e. The molecule has 0 aliphatic carbocycles. The van der Waals surface area contributed by atoms with Crippen LogP contribution in [-0.4, -0.2) is 29.9 Å². The summed E-state index contributed by atoms with van der Waals surface area (Å²) in [7, 11) is 1.72. The van der Waals surface area contributed by atoms with Crippen molar-refractivity contribution in [3.05, 3.63) is 60.2 Å². The Bertz CT molecular complexity index is 798. The van der Waals surface area contributed by atoms with Crippen molar-refractivity contribution in [1.29, 1.82) is 0 Å². The predicted octanol–water partition coefficient (Wildman–Crippen LogP) is 2.94. The number of aliphatic carboxylic acids is 1. The third kappa shape index (κ3) is 4.47. The Morgan fingerprint density at radius 3 is 2.12 bits per heavy atom. The highest BCUT2D eigenvalue weighted by molar-refractivity contribution is 6.07. The summed E-state index contributed by atoms with van der Waals surface area (Å²) >= 11 is 0. The summed E-state index contributed by atoms with van der Waals surface area (Å²) in [4.78, 5) is 37.1. The van der Waals surface area contributed by atoms with Gasteiger partial charge in [0.1, 0.15) is 5.41 Å². The molecule has 0 saturated carbocycles. The van der Waals surface area contributed by atoms with Crippen LogP contribution in [0.25, 0.3) is 0 Å². The molecule has 0 unspecified atom stereocenters. The number of carbonyl (C=O) groups is 3. The van der Waals surface area contributed by atoms with E-state index in [-0.39, 0.29) is 12.3 Å². The number of benzene rings is 2. The van der Waals surface area contributed by atoms with Crippen molar-refractivity contribution < 1.29 is 19.5 Å². The van der Waals surface area contributed by atoms with E-state index >= 15 is 0 Å². The van der Waals surface area contributed by atoms with Crippen molar-refractivity contribution in [2.45, 2.75) is 20.3 Å². The molecule has 0 spiro atoms. The van der Waals surface area contributed by atoms with Crippen molar-refractivity contribution in [3.63, 3.8) is 0 Å². The number of likely N-dealkylation sites (N-methyl/N-ethyl adjacent to an activating group) is 1. The van der Waals surface area contributed by atoms with Gasteiger partial charge in [0.2, 0.25) is 11.8 Å². The van der Waals surface area contributed by atoms with Gasteiger partial charge in [0.15, 0.2) is 0 Å². The lowest BCUT2D eigenvalue weighted by molar-refractivity contribution is -0.151. The molecule has 6 nitrogen and oxygen atoms in total. The van der Waals surface area contributed by atoms with Crippen LogP contribution in [-0.2, 0) is 20.8 Å². The van der Waals surface area contributed by atoms with Gasteiger partial charge in [0.25, 0.3) is 0 Å². The van der Waals surface area contributed by atoms with E-state index in [2.05, 4.69) is 5.32 Å². The van der Waals surface area contributed by atoms with Crippen molar-refractivity contribution in [2.24, 2.45) is 5.41 Å². The summed E-state index contributed by atoms with van der Waals surface area (Å²) in [6.07, 6.45) is 0.222. The number of para-hydroxylation sites is 1. The van der Waals surface area contributed by atoms with Gasteiger partial charge in [0, 0.05) is 18.4 Å². The molecule has 0 fully saturated rings. The van der Waals surface area contributed by atoms with Gasteiger partial charge in [-0.2, -0.15) is 0 Å². The van der Waals surface area contributed by atoms with Crippen LogP contribution in [0.15, 0.2) is 54.6 Å². The summed E-state index contributed by atoms with van der Waals surface area (Å²) in [6, 6.07) is 16.1. The molecule has 0 aliphatic heterocycles. The van der Waals surface area contributed by atoms with Crippen LogP contribution >= 0.6 is 0 Å². The highest BCUT2D eigenvalue weighted by Gasteiger charge is 2.35. The summed E-state index contributed by atoms with van der Waals surface area (Å²) in [5.41, 5.74) is 0.579. The van der Waals surface area contributed by atoms with E-state index in [0.717, 1.165) is 11.3 Å². The molecule has 26 heavy (non-hydrogen) atoms. The summed E-state index contributed by atoms with van der Waals surface area (Å²) in [5, 5.41) is 11.7. The first kappa shape index (κ1) is 19.2. The molecule has 6 heteroatoms. The molecular formula is C20H22N2O4. The van der Waals surface area contributed by atoms with Crippen LogP contribution in [0.1, 0.15) is 19.4 Å². The van der Waals surface area contributed by atoms with Gasteiger partial charge in [-0.3, -0.25) is 14.4 Å². The van der Waals surface area contributed by atoms with E-state index in [1.54, 1.807) is 36.2 Å². The number of nitrogens with zero attached hydrogens (tertiary/aromatic N) is 1. The van der Waals surface area contributed by atoms with Crippen molar-refractivity contribution >= 4 is 29.2 Å². The first-order chi connectivity index (χ1) is 12.2. The molecule has 2 aromatic rings. The molecule has 2 amide bonds. The second-order valence-corrected chi connectivity index (χ2v) is 6.55. The van der Waals surface area contributed by atoms with Crippen LogP contribution < -0.4 is 10.2 Å². The van der Waals surface area contributed by atoms with E-state index in [9.17, 15) is 14.4 Å². The molecule has 136 valence electrons. The number of carbonyl (C=O) groups excluding carboxylic acids is 2. The fraction of sp³-hybridized carbons (Fsp3) is 0.250. The molecule has 2 rings (SSSR count). The maximum atomic E-state index is 12.4. The minimum Gasteiger partial charge on any atom is -0.480 e. The number of nitrogens with one attached hydrogen (secondary N) is 1. The van der Waals surface area contributed by atoms with Crippen molar-refractivity contribution in [3.8, 4) is 0 Å². The third-order valence-corrected chi connectivity index (χ3v) is 4.19. The Balaban J connectivity index is 2.00. The lowest BCUT2D eigenvalue weighted by Crippen LogP contribution is -2.37. The molecule has 0 atom stereocenters. The first-order valence-electron chi connectivity index (χ1n) is 8.17.